The molecule has 33 heavy (non-hydrogen) atoms. The summed E-state index contributed by atoms with van der Waals surface area (Å²) in [4.78, 5) is 24.8. The molecule has 4 aliphatic carbocycles. The Morgan fingerprint density at radius 3 is 2.48 bits per heavy atom. The summed E-state index contributed by atoms with van der Waals surface area (Å²) in [6.07, 6.45) is 11.3. The molecule has 3 heteroatoms. The summed E-state index contributed by atoms with van der Waals surface area (Å²) < 4.78 is 6.07. The van der Waals surface area contributed by atoms with Crippen LogP contribution in [0.3, 0.4) is 0 Å². The van der Waals surface area contributed by atoms with Crippen molar-refractivity contribution in [2.24, 2.45) is 46.3 Å². The van der Waals surface area contributed by atoms with Crippen LogP contribution in [0.25, 0.3) is 0 Å². The number of hydrogen-bond donors (Lipinski definition) is 0. The number of esters is 1. The van der Waals surface area contributed by atoms with Gasteiger partial charge in [0, 0.05) is 19.3 Å². The van der Waals surface area contributed by atoms with Gasteiger partial charge in [-0.15, -0.1) is 0 Å². The van der Waals surface area contributed by atoms with Gasteiger partial charge in [-0.3, -0.25) is 9.59 Å². The van der Waals surface area contributed by atoms with Gasteiger partial charge in [0.1, 0.15) is 11.9 Å². The van der Waals surface area contributed by atoms with E-state index in [0.717, 1.165) is 37.0 Å². The van der Waals surface area contributed by atoms with Crippen molar-refractivity contribution in [1.82, 2.24) is 0 Å². The molecule has 0 amide bonds. The SMILES string of the molecule is CC(=O)O[C@@H]1C[C@H]2[C@H](C)C(=O)CC[C@]2(C)[C@H]2CC[C@@]3(C)C(=C12)CC[C@@H]3[C@H](C)CCCC(C)C. The van der Waals surface area contributed by atoms with Crippen molar-refractivity contribution < 1.29 is 14.3 Å². The number of allylic oxidation sites excluding steroid dienone is 1. The third-order valence-corrected chi connectivity index (χ3v) is 10.8. The lowest BCUT2D eigenvalue weighted by atomic mass is 9.46. The summed E-state index contributed by atoms with van der Waals surface area (Å²) >= 11 is 0. The molecule has 0 bridgehead atoms. The Morgan fingerprint density at radius 1 is 1.09 bits per heavy atom. The fourth-order valence-electron chi connectivity index (χ4n) is 8.99. The van der Waals surface area contributed by atoms with E-state index < -0.39 is 0 Å². The molecule has 0 aromatic carbocycles. The lowest BCUT2D eigenvalue weighted by molar-refractivity contribution is -0.153. The highest BCUT2D eigenvalue weighted by molar-refractivity contribution is 5.82. The average Bonchev–Trinajstić information content (AvgIpc) is 3.09. The molecule has 0 aliphatic heterocycles. The third kappa shape index (κ3) is 4.25. The molecule has 186 valence electrons. The van der Waals surface area contributed by atoms with E-state index in [1.807, 2.05) is 0 Å². The van der Waals surface area contributed by atoms with Gasteiger partial charge in [0.15, 0.2) is 0 Å². The van der Waals surface area contributed by atoms with E-state index in [1.165, 1.54) is 50.5 Å². The summed E-state index contributed by atoms with van der Waals surface area (Å²) in [6.45, 7) is 15.8. The quantitative estimate of drug-likeness (QED) is 0.306. The van der Waals surface area contributed by atoms with Gasteiger partial charge in [0.25, 0.3) is 0 Å². The van der Waals surface area contributed by atoms with Crippen LogP contribution in [0.15, 0.2) is 11.1 Å². The van der Waals surface area contributed by atoms with E-state index in [4.69, 9.17) is 4.74 Å². The van der Waals surface area contributed by atoms with Crippen LogP contribution in [0, 0.1) is 46.3 Å². The van der Waals surface area contributed by atoms with Gasteiger partial charge < -0.3 is 4.74 Å². The van der Waals surface area contributed by atoms with E-state index in [-0.39, 0.29) is 28.8 Å². The Hall–Kier alpha value is -1.12. The van der Waals surface area contributed by atoms with Crippen molar-refractivity contribution in [2.75, 3.05) is 0 Å². The first-order valence-electron chi connectivity index (χ1n) is 13.9. The minimum Gasteiger partial charge on any atom is -0.458 e. The molecule has 8 atom stereocenters. The molecule has 0 heterocycles. The summed E-state index contributed by atoms with van der Waals surface area (Å²) in [7, 11) is 0. The normalized spacial score (nSPS) is 41.5. The minimum absolute atomic E-state index is 0.0824. The molecule has 3 fully saturated rings. The number of rotatable bonds is 6. The Kier molecular flexibility index (Phi) is 6.93. The average molecular weight is 457 g/mol. The molecular formula is C30H48O3. The predicted octanol–water partition coefficient (Wildman–Crippen LogP) is 7.53. The second-order valence-corrected chi connectivity index (χ2v) is 13.1. The molecule has 3 nitrogen and oxygen atoms in total. The van der Waals surface area contributed by atoms with Crippen molar-refractivity contribution in [1.29, 1.82) is 0 Å². The maximum absolute atomic E-state index is 12.6. The van der Waals surface area contributed by atoms with Crippen molar-refractivity contribution in [3.8, 4) is 0 Å². The molecule has 0 unspecified atom stereocenters. The molecule has 4 aliphatic rings. The molecule has 0 aromatic heterocycles. The number of ether oxygens (including phenoxy) is 1. The highest BCUT2D eigenvalue weighted by atomic mass is 16.5. The number of ketones is 1. The van der Waals surface area contributed by atoms with E-state index in [9.17, 15) is 9.59 Å². The highest BCUT2D eigenvalue weighted by Gasteiger charge is 2.60. The van der Waals surface area contributed by atoms with Gasteiger partial charge >= 0.3 is 5.97 Å². The van der Waals surface area contributed by atoms with Crippen molar-refractivity contribution in [3.05, 3.63) is 11.1 Å². The minimum atomic E-state index is -0.172. The zero-order valence-corrected chi connectivity index (χ0v) is 22.3. The summed E-state index contributed by atoms with van der Waals surface area (Å²) in [6, 6.07) is 0. The van der Waals surface area contributed by atoms with Gasteiger partial charge in [-0.2, -0.15) is 0 Å². The van der Waals surface area contributed by atoms with Gasteiger partial charge in [-0.05, 0) is 84.5 Å². The highest BCUT2D eigenvalue weighted by Crippen LogP contribution is 2.66. The van der Waals surface area contributed by atoms with E-state index in [0.29, 0.717) is 17.6 Å². The van der Waals surface area contributed by atoms with Gasteiger partial charge in [0.05, 0.1) is 0 Å². The van der Waals surface area contributed by atoms with Gasteiger partial charge in [-0.1, -0.05) is 66.4 Å². The number of hydrogen-bond acceptors (Lipinski definition) is 3. The Labute approximate surface area is 202 Å². The maximum atomic E-state index is 12.6. The molecule has 0 aromatic rings. The molecule has 0 radical (unpaired) electrons. The van der Waals surface area contributed by atoms with Crippen LogP contribution < -0.4 is 0 Å². The smallest absolute Gasteiger partial charge is 0.303 e. The lowest BCUT2D eigenvalue weighted by Gasteiger charge is -2.58. The molecule has 0 N–H and O–H groups in total. The molecule has 3 saturated carbocycles. The zero-order valence-electron chi connectivity index (χ0n) is 22.3. The van der Waals surface area contributed by atoms with E-state index >= 15 is 0 Å². The second kappa shape index (κ2) is 9.15. The van der Waals surface area contributed by atoms with Crippen LogP contribution >= 0.6 is 0 Å². The van der Waals surface area contributed by atoms with Crippen molar-refractivity contribution in [3.63, 3.8) is 0 Å². The number of carbonyl (C=O) groups is 2. The fraction of sp³-hybridized carbons (Fsp3) is 0.867. The van der Waals surface area contributed by atoms with Crippen LogP contribution in [-0.2, 0) is 14.3 Å². The first kappa shape index (κ1) is 25.0. The van der Waals surface area contributed by atoms with Crippen molar-refractivity contribution >= 4 is 11.8 Å². The summed E-state index contributed by atoms with van der Waals surface area (Å²) in [5, 5.41) is 0. The van der Waals surface area contributed by atoms with Crippen LogP contribution in [-0.4, -0.2) is 17.9 Å². The van der Waals surface area contributed by atoms with Gasteiger partial charge in [0.2, 0.25) is 0 Å². The predicted molar refractivity (Wildman–Crippen MR) is 134 cm³/mol. The molecule has 0 spiro atoms. The Balaban J connectivity index is 1.68. The monoisotopic (exact) mass is 456 g/mol. The van der Waals surface area contributed by atoms with E-state index in [2.05, 4.69) is 41.5 Å². The van der Waals surface area contributed by atoms with Crippen LogP contribution in [0.4, 0.5) is 0 Å². The Morgan fingerprint density at radius 2 is 1.82 bits per heavy atom. The second-order valence-electron chi connectivity index (χ2n) is 13.1. The largest absolute Gasteiger partial charge is 0.458 e. The number of Topliss-reactive ketones (excluding diaryl/α,β-unsaturated/α-hetero) is 1. The fourth-order valence-corrected chi connectivity index (χ4v) is 8.99. The maximum Gasteiger partial charge on any atom is 0.303 e. The zero-order chi connectivity index (χ0) is 24.1. The lowest BCUT2D eigenvalue weighted by Crippen LogP contribution is -2.54. The van der Waals surface area contributed by atoms with Crippen molar-refractivity contribution in [2.45, 2.75) is 119 Å². The number of fused-ring (bicyclic) bond motifs is 4. The standard InChI is InChI=1S/C30H48O3/c1-18(2)9-8-10-19(3)22-11-12-23-28-24(13-15-29(22,23)6)30(7)16-14-26(32)20(4)25(30)17-27(28)33-21(5)31/h18-20,22,24-25,27H,8-17H2,1-7H3/t19-,20+,22-,24+,25+,27-,29-,30-/m1/s1. The van der Waals surface area contributed by atoms with Crippen LogP contribution in [0.5, 0.6) is 0 Å². The summed E-state index contributed by atoms with van der Waals surface area (Å²) in [5.41, 5.74) is 3.56. The first-order valence-corrected chi connectivity index (χ1v) is 13.9. The van der Waals surface area contributed by atoms with E-state index in [1.54, 1.807) is 12.5 Å². The Bertz CT molecular complexity index is 809. The molecular weight excluding hydrogens is 408 g/mol. The van der Waals surface area contributed by atoms with Gasteiger partial charge in [-0.25, -0.2) is 0 Å². The summed E-state index contributed by atoms with van der Waals surface area (Å²) in [5.74, 6) is 3.39. The molecule has 4 rings (SSSR count). The number of carbonyl (C=O) groups excluding carboxylic acids is 2. The first-order chi connectivity index (χ1) is 15.5. The topological polar surface area (TPSA) is 43.4 Å². The third-order valence-electron chi connectivity index (χ3n) is 10.8. The molecule has 0 saturated heterocycles. The van der Waals surface area contributed by atoms with Crippen LogP contribution in [0.1, 0.15) is 113 Å². The van der Waals surface area contributed by atoms with Crippen LogP contribution in [0.2, 0.25) is 0 Å².